The molecule has 0 radical (unpaired) electrons. The third kappa shape index (κ3) is 11.4. The second-order valence-corrected chi connectivity index (χ2v) is 10.4. The van der Waals surface area contributed by atoms with Crippen molar-refractivity contribution in [2.75, 3.05) is 0 Å². The molecular formula is C27H50O2. The highest BCUT2D eigenvalue weighted by Gasteiger charge is 2.27. The highest BCUT2D eigenvalue weighted by molar-refractivity contribution is 5.12. The lowest BCUT2D eigenvalue weighted by Gasteiger charge is -2.31. The fourth-order valence-electron chi connectivity index (χ4n) is 4.48. The lowest BCUT2D eigenvalue weighted by molar-refractivity contribution is 0.0373. The summed E-state index contributed by atoms with van der Waals surface area (Å²) < 4.78 is 0. The third-order valence-corrected chi connectivity index (χ3v) is 7.15. The summed E-state index contributed by atoms with van der Waals surface area (Å²) >= 11 is 0. The minimum Gasteiger partial charge on any atom is -0.390 e. The van der Waals surface area contributed by atoms with Crippen molar-refractivity contribution in [2.24, 2.45) is 17.8 Å². The van der Waals surface area contributed by atoms with E-state index in [4.69, 9.17) is 0 Å². The van der Waals surface area contributed by atoms with Crippen molar-refractivity contribution >= 4 is 0 Å². The van der Waals surface area contributed by atoms with Crippen LogP contribution in [-0.2, 0) is 0 Å². The average molecular weight is 407 g/mol. The van der Waals surface area contributed by atoms with E-state index in [1.165, 1.54) is 50.5 Å². The first-order valence-corrected chi connectivity index (χ1v) is 12.4. The maximum Gasteiger partial charge on any atom is 0.0751 e. The smallest absolute Gasteiger partial charge is 0.0751 e. The minimum atomic E-state index is -0.590. The SMILES string of the molecule is CCCCCC(C)=CCCC(C)CCCC(C)(O)CCC1=CC(O)C(C)C(C)C1. The first-order chi connectivity index (χ1) is 13.6. The summed E-state index contributed by atoms with van der Waals surface area (Å²) in [5, 5.41) is 21.0. The van der Waals surface area contributed by atoms with E-state index in [1.54, 1.807) is 5.57 Å². The Morgan fingerprint density at radius 2 is 1.93 bits per heavy atom. The number of hydrogen-bond donors (Lipinski definition) is 2. The maximum absolute atomic E-state index is 10.8. The van der Waals surface area contributed by atoms with Gasteiger partial charge in [-0.2, -0.15) is 0 Å². The summed E-state index contributed by atoms with van der Waals surface area (Å²) in [6.07, 6.45) is 17.8. The van der Waals surface area contributed by atoms with E-state index in [0.717, 1.165) is 38.0 Å². The molecule has 0 aliphatic heterocycles. The largest absolute Gasteiger partial charge is 0.390 e. The van der Waals surface area contributed by atoms with E-state index in [0.29, 0.717) is 11.8 Å². The maximum atomic E-state index is 10.8. The second-order valence-electron chi connectivity index (χ2n) is 10.4. The van der Waals surface area contributed by atoms with Gasteiger partial charge in [-0.3, -0.25) is 0 Å². The highest BCUT2D eigenvalue weighted by atomic mass is 16.3. The van der Waals surface area contributed by atoms with Gasteiger partial charge in [0.15, 0.2) is 0 Å². The summed E-state index contributed by atoms with van der Waals surface area (Å²) in [6.45, 7) is 13.2. The van der Waals surface area contributed by atoms with Crippen LogP contribution in [-0.4, -0.2) is 21.9 Å². The first kappa shape index (κ1) is 26.4. The Hall–Kier alpha value is -0.600. The number of aliphatic hydroxyl groups is 2. The van der Waals surface area contributed by atoms with E-state index >= 15 is 0 Å². The summed E-state index contributed by atoms with van der Waals surface area (Å²) in [5.74, 6) is 1.60. The molecule has 29 heavy (non-hydrogen) atoms. The topological polar surface area (TPSA) is 40.5 Å². The fraction of sp³-hybridized carbons (Fsp3) is 0.852. The van der Waals surface area contributed by atoms with Gasteiger partial charge in [-0.05, 0) is 83.0 Å². The van der Waals surface area contributed by atoms with Gasteiger partial charge in [-0.15, -0.1) is 0 Å². The molecule has 2 heteroatoms. The molecule has 0 amide bonds. The molecule has 170 valence electrons. The zero-order valence-electron chi connectivity index (χ0n) is 20.3. The van der Waals surface area contributed by atoms with Gasteiger partial charge in [-0.25, -0.2) is 0 Å². The van der Waals surface area contributed by atoms with Gasteiger partial charge in [0.1, 0.15) is 0 Å². The van der Waals surface area contributed by atoms with E-state index in [1.807, 2.05) is 13.0 Å². The molecule has 1 aliphatic carbocycles. The van der Waals surface area contributed by atoms with Crippen LogP contribution in [0.5, 0.6) is 0 Å². The van der Waals surface area contributed by atoms with E-state index in [9.17, 15) is 10.2 Å². The van der Waals surface area contributed by atoms with Crippen molar-refractivity contribution in [3.8, 4) is 0 Å². The lowest BCUT2D eigenvalue weighted by atomic mass is 9.78. The summed E-state index contributed by atoms with van der Waals surface area (Å²) in [4.78, 5) is 0. The Labute approximate surface area is 181 Å². The van der Waals surface area contributed by atoms with Gasteiger partial charge in [0, 0.05) is 0 Å². The summed E-state index contributed by atoms with van der Waals surface area (Å²) in [5.41, 5.74) is 2.30. The molecule has 0 aromatic rings. The van der Waals surface area contributed by atoms with Crippen LogP contribution < -0.4 is 0 Å². The van der Waals surface area contributed by atoms with Crippen LogP contribution in [0.3, 0.4) is 0 Å². The van der Waals surface area contributed by atoms with Crippen LogP contribution >= 0.6 is 0 Å². The summed E-state index contributed by atoms with van der Waals surface area (Å²) in [7, 11) is 0. The number of allylic oxidation sites excluding steroid dienone is 3. The highest BCUT2D eigenvalue weighted by Crippen LogP contribution is 2.33. The molecule has 1 aliphatic rings. The number of hydrogen-bond acceptors (Lipinski definition) is 2. The van der Waals surface area contributed by atoms with Crippen LogP contribution in [0, 0.1) is 17.8 Å². The van der Waals surface area contributed by atoms with Crippen LogP contribution in [0.1, 0.15) is 119 Å². The van der Waals surface area contributed by atoms with Crippen LogP contribution in [0.2, 0.25) is 0 Å². The van der Waals surface area contributed by atoms with E-state index in [-0.39, 0.29) is 6.10 Å². The molecular weight excluding hydrogens is 356 g/mol. The normalized spacial score (nSPS) is 26.1. The minimum absolute atomic E-state index is 0.316. The van der Waals surface area contributed by atoms with Crippen molar-refractivity contribution in [1.82, 2.24) is 0 Å². The lowest BCUT2D eigenvalue weighted by Crippen LogP contribution is -2.28. The summed E-state index contributed by atoms with van der Waals surface area (Å²) in [6, 6.07) is 0. The monoisotopic (exact) mass is 406 g/mol. The predicted molar refractivity (Wildman–Crippen MR) is 127 cm³/mol. The quantitative estimate of drug-likeness (QED) is 0.230. The molecule has 2 N–H and O–H groups in total. The van der Waals surface area contributed by atoms with Crippen LogP contribution in [0.15, 0.2) is 23.3 Å². The first-order valence-electron chi connectivity index (χ1n) is 12.4. The Bertz CT molecular complexity index is 503. The zero-order valence-corrected chi connectivity index (χ0v) is 20.3. The molecule has 1 rings (SSSR count). The average Bonchev–Trinajstić information content (AvgIpc) is 2.64. The van der Waals surface area contributed by atoms with Crippen molar-refractivity contribution < 1.29 is 10.2 Å². The standard InChI is InChI=1S/C27H50O2/c1-7-8-9-12-21(2)13-10-14-22(3)15-11-17-27(6,29)18-16-25-19-23(4)24(5)26(28)20-25/h13,20,22-24,26,28-29H,7-12,14-19H2,1-6H3. The van der Waals surface area contributed by atoms with Crippen molar-refractivity contribution in [2.45, 2.75) is 130 Å². The van der Waals surface area contributed by atoms with Gasteiger partial charge in [0.2, 0.25) is 0 Å². The van der Waals surface area contributed by atoms with Gasteiger partial charge in [0.25, 0.3) is 0 Å². The third-order valence-electron chi connectivity index (χ3n) is 7.15. The van der Waals surface area contributed by atoms with Gasteiger partial charge >= 0.3 is 0 Å². The molecule has 0 aromatic heterocycles. The van der Waals surface area contributed by atoms with Crippen LogP contribution in [0.4, 0.5) is 0 Å². The van der Waals surface area contributed by atoms with Crippen LogP contribution in [0.25, 0.3) is 0 Å². The van der Waals surface area contributed by atoms with Crippen molar-refractivity contribution in [1.29, 1.82) is 0 Å². The molecule has 0 saturated carbocycles. The van der Waals surface area contributed by atoms with Crippen molar-refractivity contribution in [3.63, 3.8) is 0 Å². The molecule has 0 fully saturated rings. The Balaban J connectivity index is 2.23. The second kappa shape index (κ2) is 13.7. The molecule has 5 unspecified atom stereocenters. The van der Waals surface area contributed by atoms with Gasteiger partial charge < -0.3 is 10.2 Å². The number of aliphatic hydroxyl groups excluding tert-OH is 1. The molecule has 0 bridgehead atoms. The molecule has 5 atom stereocenters. The number of unbranched alkanes of at least 4 members (excludes halogenated alkanes) is 2. The van der Waals surface area contributed by atoms with Gasteiger partial charge in [0.05, 0.1) is 11.7 Å². The molecule has 0 aromatic carbocycles. The van der Waals surface area contributed by atoms with E-state index in [2.05, 4.69) is 40.7 Å². The molecule has 2 nitrogen and oxygen atoms in total. The van der Waals surface area contributed by atoms with Gasteiger partial charge in [-0.1, -0.05) is 76.7 Å². The Kier molecular flexibility index (Phi) is 12.4. The predicted octanol–water partition coefficient (Wildman–Crippen LogP) is 7.59. The number of rotatable bonds is 14. The van der Waals surface area contributed by atoms with E-state index < -0.39 is 5.60 Å². The zero-order chi connectivity index (χ0) is 21.9. The molecule has 0 saturated heterocycles. The molecule has 0 spiro atoms. The Morgan fingerprint density at radius 3 is 2.59 bits per heavy atom. The Morgan fingerprint density at radius 1 is 1.21 bits per heavy atom. The van der Waals surface area contributed by atoms with Crippen molar-refractivity contribution in [3.05, 3.63) is 23.3 Å². The molecule has 0 heterocycles. The fourth-order valence-corrected chi connectivity index (χ4v) is 4.48.